The van der Waals surface area contributed by atoms with Crippen LogP contribution in [0.2, 0.25) is 5.02 Å². The van der Waals surface area contributed by atoms with Crippen LogP contribution in [0.4, 0.5) is 10.6 Å². The number of nitrogens with one attached hydrogen (secondary N) is 2. The lowest BCUT2D eigenvalue weighted by Crippen LogP contribution is -2.53. The molecule has 214 valence electrons. The number of amides is 1. The van der Waals surface area contributed by atoms with Crippen molar-refractivity contribution in [3.8, 4) is 11.5 Å². The summed E-state index contributed by atoms with van der Waals surface area (Å²) >= 11 is 6.55. The van der Waals surface area contributed by atoms with Gasteiger partial charge < -0.3 is 29.8 Å². The number of hydrogen-bond donors (Lipinski definition) is 3. The highest BCUT2D eigenvalue weighted by Crippen LogP contribution is 2.32. The fourth-order valence-corrected chi connectivity index (χ4v) is 5.09. The molecule has 3 N–H and O–H groups in total. The molecule has 1 saturated heterocycles. The topological polar surface area (TPSA) is 130 Å². The van der Waals surface area contributed by atoms with Crippen LogP contribution >= 0.6 is 11.6 Å². The Kier molecular flexibility index (Phi) is 8.14. The molecule has 2 aromatic carbocycles. The Balaban J connectivity index is 1.38. The summed E-state index contributed by atoms with van der Waals surface area (Å²) in [5.41, 5.74) is 0.486. The van der Waals surface area contributed by atoms with E-state index in [0.29, 0.717) is 58.9 Å². The average Bonchev–Trinajstić information content (AvgIpc) is 3.38. The number of ether oxygens (including phenoxy) is 2. The summed E-state index contributed by atoms with van der Waals surface area (Å²) in [4.78, 5) is 39.9. The van der Waals surface area contributed by atoms with Crippen molar-refractivity contribution in [2.75, 3.05) is 18.5 Å². The number of halogens is 1. The highest BCUT2D eigenvalue weighted by Gasteiger charge is 2.34. The molecule has 10 nitrogen and oxygen atoms in total. The molecule has 5 rings (SSSR count). The Morgan fingerprint density at radius 2 is 1.88 bits per heavy atom. The van der Waals surface area contributed by atoms with E-state index in [9.17, 15) is 14.7 Å². The van der Waals surface area contributed by atoms with Gasteiger partial charge in [0.1, 0.15) is 34.9 Å². The maximum atomic E-state index is 13.7. The molecule has 11 heteroatoms. The van der Waals surface area contributed by atoms with Crippen molar-refractivity contribution in [3.63, 3.8) is 0 Å². The van der Waals surface area contributed by atoms with E-state index in [0.717, 1.165) is 0 Å². The molecule has 0 radical (unpaired) electrons. The van der Waals surface area contributed by atoms with Gasteiger partial charge in [-0.25, -0.2) is 14.8 Å². The molecule has 1 aliphatic heterocycles. The van der Waals surface area contributed by atoms with Gasteiger partial charge >= 0.3 is 6.09 Å². The van der Waals surface area contributed by atoms with Crippen LogP contribution in [0.3, 0.4) is 0 Å². The zero-order valence-corrected chi connectivity index (χ0v) is 23.8. The van der Waals surface area contributed by atoms with Gasteiger partial charge in [0.15, 0.2) is 5.78 Å². The number of aliphatic hydroxyl groups excluding tert-OH is 1. The Hall–Kier alpha value is -4.15. The fourth-order valence-electron chi connectivity index (χ4n) is 4.84. The second-order valence-electron chi connectivity index (χ2n) is 10.9. The molecule has 2 unspecified atom stereocenters. The number of hydrogen-bond acceptors (Lipinski definition) is 8. The number of carbonyl (C=O) groups excluding carboxylic acids is 2. The quantitative estimate of drug-likeness (QED) is 0.235. The van der Waals surface area contributed by atoms with E-state index in [-0.39, 0.29) is 29.5 Å². The second-order valence-corrected chi connectivity index (χ2v) is 11.3. The molecular formula is C30H32ClN5O5. The Labute approximate surface area is 242 Å². The fraction of sp³-hybridized carbons (Fsp3) is 0.333. The first kappa shape index (κ1) is 28.4. The van der Waals surface area contributed by atoms with Crippen LogP contribution in [-0.2, 0) is 4.74 Å². The van der Waals surface area contributed by atoms with E-state index in [1.165, 1.54) is 6.33 Å². The summed E-state index contributed by atoms with van der Waals surface area (Å²) < 4.78 is 11.4. The summed E-state index contributed by atoms with van der Waals surface area (Å²) in [7, 11) is 0. The molecule has 0 saturated carbocycles. The molecule has 2 atom stereocenters. The van der Waals surface area contributed by atoms with Gasteiger partial charge in [-0.05, 0) is 57.9 Å². The number of likely N-dealkylation sites (tertiary alicyclic amines) is 1. The van der Waals surface area contributed by atoms with Crippen molar-refractivity contribution in [3.05, 3.63) is 77.2 Å². The molecule has 41 heavy (non-hydrogen) atoms. The Morgan fingerprint density at radius 1 is 1.10 bits per heavy atom. The second kappa shape index (κ2) is 11.8. The van der Waals surface area contributed by atoms with E-state index < -0.39 is 11.7 Å². The summed E-state index contributed by atoms with van der Waals surface area (Å²) in [6.45, 7) is 5.55. The van der Waals surface area contributed by atoms with Gasteiger partial charge in [0.05, 0.1) is 28.6 Å². The van der Waals surface area contributed by atoms with Gasteiger partial charge in [-0.3, -0.25) is 4.79 Å². The Morgan fingerprint density at radius 3 is 2.59 bits per heavy atom. The van der Waals surface area contributed by atoms with Gasteiger partial charge in [0, 0.05) is 30.4 Å². The highest BCUT2D eigenvalue weighted by atomic mass is 35.5. The predicted molar refractivity (Wildman–Crippen MR) is 156 cm³/mol. The number of aromatic nitrogens is 3. The first-order valence-corrected chi connectivity index (χ1v) is 13.8. The van der Waals surface area contributed by atoms with Gasteiger partial charge in [0.25, 0.3) is 0 Å². The number of aromatic amines is 1. The third-order valence-electron chi connectivity index (χ3n) is 6.76. The summed E-state index contributed by atoms with van der Waals surface area (Å²) in [6, 6.07) is 13.7. The number of H-pyrrole nitrogens is 1. The maximum absolute atomic E-state index is 13.7. The molecule has 3 heterocycles. The molecule has 0 bridgehead atoms. The lowest BCUT2D eigenvalue weighted by atomic mass is 9.98. The Bertz CT molecular complexity index is 1550. The minimum Gasteiger partial charge on any atom is -0.457 e. The third kappa shape index (κ3) is 6.44. The zero-order valence-electron chi connectivity index (χ0n) is 23.1. The third-order valence-corrected chi connectivity index (χ3v) is 7.08. The number of para-hydroxylation sites is 1. The molecule has 2 aromatic heterocycles. The number of benzene rings is 2. The molecule has 1 aliphatic rings. The molecular weight excluding hydrogens is 546 g/mol. The maximum Gasteiger partial charge on any atom is 0.410 e. The van der Waals surface area contributed by atoms with Crippen LogP contribution in [0.15, 0.2) is 61.1 Å². The SMILES string of the molecule is CC(C)(C)OC(=O)N1CC(Nc2ncnc3[nH]cc(C(=O)c4ccc(Oc5ccccc5)cc4Cl)c23)CCC1CO. The number of fused-ring (bicyclic) bond motifs is 1. The molecule has 0 aliphatic carbocycles. The lowest BCUT2D eigenvalue weighted by Gasteiger charge is -2.39. The molecule has 4 aromatic rings. The highest BCUT2D eigenvalue weighted by molar-refractivity contribution is 6.35. The number of anilines is 1. The van der Waals surface area contributed by atoms with Crippen LogP contribution in [0.5, 0.6) is 11.5 Å². The van der Waals surface area contributed by atoms with E-state index in [4.69, 9.17) is 21.1 Å². The monoisotopic (exact) mass is 577 g/mol. The normalized spacial score (nSPS) is 17.3. The molecule has 1 fully saturated rings. The van der Waals surface area contributed by atoms with E-state index >= 15 is 0 Å². The van der Waals surface area contributed by atoms with Gasteiger partial charge in [-0.2, -0.15) is 0 Å². The van der Waals surface area contributed by atoms with Crippen LogP contribution in [0.25, 0.3) is 11.0 Å². The van der Waals surface area contributed by atoms with Crippen molar-refractivity contribution in [2.24, 2.45) is 0 Å². The van der Waals surface area contributed by atoms with Crippen molar-refractivity contribution in [2.45, 2.75) is 51.3 Å². The predicted octanol–water partition coefficient (Wildman–Crippen LogP) is 5.81. The number of carbonyl (C=O) groups is 2. The summed E-state index contributed by atoms with van der Waals surface area (Å²) in [5, 5.41) is 14.0. The zero-order chi connectivity index (χ0) is 29.1. The number of ketones is 1. The number of aliphatic hydroxyl groups is 1. The van der Waals surface area contributed by atoms with E-state index in [1.54, 1.807) is 50.1 Å². The number of nitrogens with zero attached hydrogens (tertiary/aromatic N) is 3. The van der Waals surface area contributed by atoms with Crippen molar-refractivity contribution in [1.82, 2.24) is 19.9 Å². The first-order chi connectivity index (χ1) is 19.6. The van der Waals surface area contributed by atoms with Crippen LogP contribution in [0, 0.1) is 0 Å². The van der Waals surface area contributed by atoms with Crippen LogP contribution in [-0.4, -0.2) is 67.7 Å². The largest absolute Gasteiger partial charge is 0.457 e. The van der Waals surface area contributed by atoms with Crippen molar-refractivity contribution in [1.29, 1.82) is 0 Å². The first-order valence-electron chi connectivity index (χ1n) is 13.4. The minimum atomic E-state index is -0.663. The standard InChI is InChI=1S/C30H32ClN5O5/c1-30(2,3)41-29(39)36-15-18(9-10-19(36)16-37)35-28-25-23(14-32-27(25)33-17-34-28)26(38)22-12-11-21(13-24(22)31)40-20-7-5-4-6-8-20/h4-8,11-14,17-19,37H,9-10,15-16H2,1-3H3,(H2,32,33,34,35). The molecule has 0 spiro atoms. The van der Waals surface area contributed by atoms with E-state index in [2.05, 4.69) is 20.3 Å². The van der Waals surface area contributed by atoms with Gasteiger partial charge in [0.2, 0.25) is 0 Å². The van der Waals surface area contributed by atoms with Crippen molar-refractivity contribution < 1.29 is 24.2 Å². The van der Waals surface area contributed by atoms with Crippen molar-refractivity contribution >= 4 is 40.3 Å². The number of rotatable bonds is 7. The minimum absolute atomic E-state index is 0.157. The average molecular weight is 578 g/mol. The van der Waals surface area contributed by atoms with Gasteiger partial charge in [-0.1, -0.05) is 29.8 Å². The van der Waals surface area contributed by atoms with E-state index in [1.807, 2.05) is 30.3 Å². The lowest BCUT2D eigenvalue weighted by molar-refractivity contribution is 0.000285. The van der Waals surface area contributed by atoms with Crippen LogP contribution in [0.1, 0.15) is 49.5 Å². The summed E-state index contributed by atoms with van der Waals surface area (Å²) in [5.74, 6) is 1.32. The smallest absolute Gasteiger partial charge is 0.410 e. The van der Waals surface area contributed by atoms with Gasteiger partial charge in [-0.15, -0.1) is 0 Å². The number of piperidine rings is 1. The molecule has 1 amide bonds. The van der Waals surface area contributed by atoms with Crippen LogP contribution < -0.4 is 10.1 Å². The summed E-state index contributed by atoms with van der Waals surface area (Å²) in [6.07, 6.45) is 3.77.